The average molecular weight is 535 g/mol. The topological polar surface area (TPSA) is 77.0 Å². The molecule has 152 valence electrons. The van der Waals surface area contributed by atoms with Gasteiger partial charge in [0.15, 0.2) is 11.5 Å². The van der Waals surface area contributed by atoms with Crippen molar-refractivity contribution in [2.45, 2.75) is 0 Å². The van der Waals surface area contributed by atoms with Crippen LogP contribution in [0.3, 0.4) is 0 Å². The number of carbonyl (C=O) groups is 2. The van der Waals surface area contributed by atoms with Crippen molar-refractivity contribution in [2.75, 3.05) is 7.11 Å². The maximum atomic E-state index is 12.4. The molecule has 0 aliphatic carbocycles. The van der Waals surface area contributed by atoms with Crippen LogP contribution in [0.15, 0.2) is 71.8 Å². The van der Waals surface area contributed by atoms with Crippen molar-refractivity contribution in [2.24, 2.45) is 5.10 Å². The van der Waals surface area contributed by atoms with Gasteiger partial charge in [0.25, 0.3) is 5.91 Å². The second kappa shape index (κ2) is 10.2. The van der Waals surface area contributed by atoms with Gasteiger partial charge in [0, 0.05) is 3.57 Å². The molecular weight excluding hydrogens is 519 g/mol. The zero-order valence-electron chi connectivity index (χ0n) is 15.8. The van der Waals surface area contributed by atoms with Gasteiger partial charge in [0.1, 0.15) is 0 Å². The Hall–Kier alpha value is -2.91. The van der Waals surface area contributed by atoms with Gasteiger partial charge >= 0.3 is 5.97 Å². The Balaban J connectivity index is 1.70. The van der Waals surface area contributed by atoms with E-state index in [4.69, 9.17) is 21.1 Å². The first-order valence-corrected chi connectivity index (χ1v) is 10.2. The molecule has 0 spiro atoms. The first-order valence-electron chi connectivity index (χ1n) is 8.72. The second-order valence-corrected chi connectivity index (χ2v) is 7.53. The SMILES string of the molecule is COc1cc(/C=N\NC(=O)c2ccccc2I)ccc1OC(=O)c1ccccc1Cl. The molecule has 6 nitrogen and oxygen atoms in total. The molecule has 1 N–H and O–H groups in total. The lowest BCUT2D eigenvalue weighted by Gasteiger charge is -2.10. The molecule has 0 bridgehead atoms. The molecule has 8 heteroatoms. The van der Waals surface area contributed by atoms with Crippen LogP contribution in [-0.4, -0.2) is 25.2 Å². The molecule has 0 fully saturated rings. The van der Waals surface area contributed by atoms with Crippen LogP contribution in [0.2, 0.25) is 5.02 Å². The van der Waals surface area contributed by atoms with Gasteiger partial charge in [-0.05, 0) is 70.6 Å². The van der Waals surface area contributed by atoms with Crippen molar-refractivity contribution in [1.82, 2.24) is 5.43 Å². The predicted octanol–water partition coefficient (Wildman–Crippen LogP) is 4.94. The summed E-state index contributed by atoms with van der Waals surface area (Å²) < 4.78 is 11.5. The molecule has 0 aliphatic rings. The number of nitrogens with one attached hydrogen (secondary N) is 1. The van der Waals surface area contributed by atoms with Crippen LogP contribution in [0.4, 0.5) is 0 Å². The minimum absolute atomic E-state index is 0.238. The molecule has 3 aromatic carbocycles. The van der Waals surface area contributed by atoms with E-state index in [1.165, 1.54) is 13.3 Å². The number of methoxy groups -OCH3 is 1. The molecule has 0 radical (unpaired) electrons. The van der Waals surface area contributed by atoms with E-state index in [-0.39, 0.29) is 17.2 Å². The number of hydrogen-bond donors (Lipinski definition) is 1. The number of hydrazone groups is 1. The minimum Gasteiger partial charge on any atom is -0.493 e. The third kappa shape index (κ3) is 5.37. The number of amides is 1. The fraction of sp³-hybridized carbons (Fsp3) is 0.0455. The normalized spacial score (nSPS) is 10.6. The monoisotopic (exact) mass is 534 g/mol. The van der Waals surface area contributed by atoms with Gasteiger partial charge in [-0.25, -0.2) is 10.2 Å². The molecule has 0 aliphatic heterocycles. The van der Waals surface area contributed by atoms with Crippen LogP contribution in [0, 0.1) is 3.57 Å². The van der Waals surface area contributed by atoms with Gasteiger partial charge in [0.2, 0.25) is 0 Å². The molecule has 0 unspecified atom stereocenters. The highest BCUT2D eigenvalue weighted by Crippen LogP contribution is 2.29. The number of esters is 1. The lowest BCUT2D eigenvalue weighted by Crippen LogP contribution is -2.18. The summed E-state index contributed by atoms with van der Waals surface area (Å²) in [4.78, 5) is 24.6. The van der Waals surface area contributed by atoms with Crippen LogP contribution in [0.1, 0.15) is 26.3 Å². The summed E-state index contributed by atoms with van der Waals surface area (Å²) in [6.07, 6.45) is 1.47. The van der Waals surface area contributed by atoms with Crippen molar-refractivity contribution in [3.05, 3.63) is 92.0 Å². The second-order valence-electron chi connectivity index (χ2n) is 5.96. The Morgan fingerprint density at radius 1 is 1.00 bits per heavy atom. The fourth-order valence-corrected chi connectivity index (χ4v) is 3.35. The zero-order chi connectivity index (χ0) is 21.5. The maximum absolute atomic E-state index is 12.4. The molecule has 1 amide bonds. The van der Waals surface area contributed by atoms with E-state index in [1.807, 2.05) is 12.1 Å². The number of benzene rings is 3. The highest BCUT2D eigenvalue weighted by atomic mass is 127. The van der Waals surface area contributed by atoms with E-state index < -0.39 is 5.97 Å². The van der Waals surface area contributed by atoms with Crippen LogP contribution < -0.4 is 14.9 Å². The van der Waals surface area contributed by atoms with Crippen molar-refractivity contribution < 1.29 is 19.1 Å². The quantitative estimate of drug-likeness (QED) is 0.160. The first kappa shape index (κ1) is 21.8. The van der Waals surface area contributed by atoms with Crippen molar-refractivity contribution in [3.63, 3.8) is 0 Å². The Bertz CT molecular complexity index is 1120. The highest BCUT2D eigenvalue weighted by Gasteiger charge is 2.15. The average Bonchev–Trinajstić information content (AvgIpc) is 2.75. The van der Waals surface area contributed by atoms with Gasteiger partial charge in [0.05, 0.1) is 29.5 Å². The summed E-state index contributed by atoms with van der Waals surface area (Å²) in [7, 11) is 1.46. The molecule has 0 aromatic heterocycles. The summed E-state index contributed by atoms with van der Waals surface area (Å²) >= 11 is 8.12. The Morgan fingerprint density at radius 3 is 2.40 bits per heavy atom. The third-order valence-electron chi connectivity index (χ3n) is 3.98. The number of rotatable bonds is 6. The van der Waals surface area contributed by atoms with E-state index in [2.05, 4.69) is 33.1 Å². The van der Waals surface area contributed by atoms with Gasteiger partial charge in [-0.2, -0.15) is 5.10 Å². The van der Waals surface area contributed by atoms with Gasteiger partial charge in [-0.15, -0.1) is 0 Å². The first-order chi connectivity index (χ1) is 14.5. The molecule has 0 saturated carbocycles. The van der Waals surface area contributed by atoms with Crippen LogP contribution in [0.5, 0.6) is 11.5 Å². The molecular formula is C22H16ClIN2O4. The number of ether oxygens (including phenoxy) is 2. The van der Waals surface area contributed by atoms with Crippen molar-refractivity contribution in [3.8, 4) is 11.5 Å². The number of hydrogen-bond acceptors (Lipinski definition) is 5. The minimum atomic E-state index is -0.593. The van der Waals surface area contributed by atoms with Gasteiger partial charge < -0.3 is 9.47 Å². The van der Waals surface area contributed by atoms with E-state index in [0.29, 0.717) is 21.9 Å². The number of carbonyl (C=O) groups excluding carboxylic acids is 2. The summed E-state index contributed by atoms with van der Waals surface area (Å²) in [6.45, 7) is 0. The Morgan fingerprint density at radius 2 is 1.70 bits per heavy atom. The highest BCUT2D eigenvalue weighted by molar-refractivity contribution is 14.1. The van der Waals surface area contributed by atoms with Gasteiger partial charge in [-0.1, -0.05) is 35.9 Å². The summed E-state index contributed by atoms with van der Waals surface area (Å²) in [5, 5.41) is 4.28. The Kier molecular flexibility index (Phi) is 7.42. The van der Waals surface area contributed by atoms with Crippen LogP contribution >= 0.6 is 34.2 Å². The lowest BCUT2D eigenvalue weighted by molar-refractivity contribution is 0.0729. The van der Waals surface area contributed by atoms with E-state index in [0.717, 1.165) is 3.57 Å². The summed E-state index contributed by atoms with van der Waals surface area (Å²) in [6, 6.07) is 18.7. The maximum Gasteiger partial charge on any atom is 0.345 e. The number of nitrogens with zero attached hydrogens (tertiary/aromatic N) is 1. The standard InChI is InChI=1S/C22H16ClIN2O4/c1-29-20-12-14(13-25-26-21(27)16-7-3-5-9-18(16)24)10-11-19(20)30-22(28)15-6-2-4-8-17(15)23/h2-13H,1H3,(H,26,27)/b25-13-. The van der Waals surface area contributed by atoms with Crippen molar-refractivity contribution in [1.29, 1.82) is 0 Å². The fourth-order valence-electron chi connectivity index (χ4n) is 2.50. The Labute approximate surface area is 192 Å². The summed E-state index contributed by atoms with van der Waals surface area (Å²) in [5.74, 6) is -0.329. The lowest BCUT2D eigenvalue weighted by atomic mass is 10.2. The van der Waals surface area contributed by atoms with E-state index in [1.54, 1.807) is 54.6 Å². The molecule has 3 rings (SSSR count). The molecule has 3 aromatic rings. The predicted molar refractivity (Wildman–Crippen MR) is 124 cm³/mol. The number of halogens is 2. The zero-order valence-corrected chi connectivity index (χ0v) is 18.7. The van der Waals surface area contributed by atoms with Crippen LogP contribution in [-0.2, 0) is 0 Å². The smallest absolute Gasteiger partial charge is 0.345 e. The van der Waals surface area contributed by atoms with E-state index >= 15 is 0 Å². The van der Waals surface area contributed by atoms with Gasteiger partial charge in [-0.3, -0.25) is 4.79 Å². The van der Waals surface area contributed by atoms with E-state index in [9.17, 15) is 9.59 Å². The van der Waals surface area contributed by atoms with Crippen molar-refractivity contribution >= 4 is 52.3 Å². The van der Waals surface area contributed by atoms with Crippen LogP contribution in [0.25, 0.3) is 0 Å². The third-order valence-corrected chi connectivity index (χ3v) is 5.25. The molecule has 0 saturated heterocycles. The summed E-state index contributed by atoms with van der Waals surface area (Å²) in [5.41, 5.74) is 3.92. The molecule has 0 heterocycles. The molecule has 0 atom stereocenters. The molecule has 30 heavy (non-hydrogen) atoms. The largest absolute Gasteiger partial charge is 0.493 e.